The van der Waals surface area contributed by atoms with Crippen LogP contribution in [0.15, 0.2) is 30.4 Å². The standard InChI is InChI=1S/C19H27FN2O/c20-18-12-16(14-21-13-15-4-2-1-3-5-15)6-7-19(18)22-10-8-17(23)9-11-22/h1-2,6-7,12,15,17,21,23H,3-5,8-11,13-14H2/t15-/m0/s1. The van der Waals surface area contributed by atoms with E-state index >= 15 is 0 Å². The third-order valence-electron chi connectivity index (χ3n) is 4.96. The summed E-state index contributed by atoms with van der Waals surface area (Å²) in [7, 11) is 0. The summed E-state index contributed by atoms with van der Waals surface area (Å²) in [5.41, 5.74) is 1.66. The van der Waals surface area contributed by atoms with Gasteiger partial charge in [-0.3, -0.25) is 0 Å². The Morgan fingerprint density at radius 3 is 2.70 bits per heavy atom. The first-order valence-electron chi connectivity index (χ1n) is 8.79. The molecule has 0 unspecified atom stereocenters. The second-order valence-electron chi connectivity index (χ2n) is 6.79. The number of anilines is 1. The molecule has 1 heterocycles. The molecule has 1 saturated heterocycles. The van der Waals surface area contributed by atoms with E-state index in [4.69, 9.17) is 0 Å². The highest BCUT2D eigenvalue weighted by atomic mass is 19.1. The monoisotopic (exact) mass is 318 g/mol. The molecule has 23 heavy (non-hydrogen) atoms. The number of rotatable bonds is 5. The van der Waals surface area contributed by atoms with Crippen LogP contribution in [0, 0.1) is 11.7 Å². The van der Waals surface area contributed by atoms with Crippen LogP contribution in [0.4, 0.5) is 10.1 Å². The number of piperidine rings is 1. The quantitative estimate of drug-likeness (QED) is 0.818. The molecule has 3 rings (SSSR count). The highest BCUT2D eigenvalue weighted by Gasteiger charge is 2.19. The molecule has 1 aromatic rings. The van der Waals surface area contributed by atoms with Crippen molar-refractivity contribution in [3.05, 3.63) is 41.7 Å². The summed E-state index contributed by atoms with van der Waals surface area (Å²) in [6, 6.07) is 5.54. The molecular formula is C19H27FN2O. The zero-order valence-corrected chi connectivity index (χ0v) is 13.7. The van der Waals surface area contributed by atoms with E-state index in [1.165, 1.54) is 12.8 Å². The number of nitrogens with zero attached hydrogens (tertiary/aromatic N) is 1. The summed E-state index contributed by atoms with van der Waals surface area (Å²) in [4.78, 5) is 2.04. The summed E-state index contributed by atoms with van der Waals surface area (Å²) in [6.45, 7) is 3.17. The molecular weight excluding hydrogens is 291 g/mol. The first-order chi connectivity index (χ1) is 11.2. The van der Waals surface area contributed by atoms with Crippen LogP contribution < -0.4 is 10.2 Å². The fraction of sp³-hybridized carbons (Fsp3) is 0.579. The van der Waals surface area contributed by atoms with Crippen LogP contribution in [-0.2, 0) is 6.54 Å². The predicted octanol–water partition coefficient (Wildman–Crippen LogP) is 3.23. The molecule has 1 aliphatic carbocycles. The van der Waals surface area contributed by atoms with Crippen LogP contribution in [0.5, 0.6) is 0 Å². The Kier molecular flexibility index (Phi) is 5.68. The van der Waals surface area contributed by atoms with Crippen molar-refractivity contribution in [2.45, 2.75) is 44.8 Å². The number of hydrogen-bond acceptors (Lipinski definition) is 3. The lowest BCUT2D eigenvalue weighted by Crippen LogP contribution is -2.36. The fourth-order valence-electron chi connectivity index (χ4n) is 3.49. The molecule has 0 saturated carbocycles. The molecule has 0 aromatic heterocycles. The molecule has 126 valence electrons. The molecule has 0 bridgehead atoms. The lowest BCUT2D eigenvalue weighted by Gasteiger charge is -2.31. The van der Waals surface area contributed by atoms with Gasteiger partial charge in [0.25, 0.3) is 0 Å². The number of aliphatic hydroxyl groups is 1. The van der Waals surface area contributed by atoms with Gasteiger partial charge in [0.2, 0.25) is 0 Å². The van der Waals surface area contributed by atoms with Gasteiger partial charge in [-0.2, -0.15) is 0 Å². The van der Waals surface area contributed by atoms with Crippen molar-refractivity contribution in [2.75, 3.05) is 24.5 Å². The maximum absolute atomic E-state index is 14.4. The van der Waals surface area contributed by atoms with Crippen molar-refractivity contribution in [1.29, 1.82) is 0 Å². The lowest BCUT2D eigenvalue weighted by molar-refractivity contribution is 0.145. The van der Waals surface area contributed by atoms with Gasteiger partial charge in [-0.15, -0.1) is 0 Å². The van der Waals surface area contributed by atoms with Crippen LogP contribution in [0.1, 0.15) is 37.7 Å². The topological polar surface area (TPSA) is 35.5 Å². The molecule has 4 heteroatoms. The second-order valence-corrected chi connectivity index (χ2v) is 6.79. The molecule has 0 spiro atoms. The van der Waals surface area contributed by atoms with Crippen molar-refractivity contribution in [2.24, 2.45) is 5.92 Å². The number of halogens is 1. The molecule has 0 amide bonds. The molecule has 2 N–H and O–H groups in total. The second kappa shape index (κ2) is 7.93. The minimum absolute atomic E-state index is 0.152. The fourth-order valence-corrected chi connectivity index (χ4v) is 3.49. The van der Waals surface area contributed by atoms with Gasteiger partial charge in [0.1, 0.15) is 5.82 Å². The van der Waals surface area contributed by atoms with Gasteiger partial charge < -0.3 is 15.3 Å². The SMILES string of the molecule is OC1CCN(c2ccc(CNC[C@H]3CC=CCC3)cc2F)CC1. The average Bonchev–Trinajstić information content (AvgIpc) is 2.57. The summed E-state index contributed by atoms with van der Waals surface area (Å²) >= 11 is 0. The van der Waals surface area contributed by atoms with E-state index in [1.807, 2.05) is 17.0 Å². The summed E-state index contributed by atoms with van der Waals surface area (Å²) in [6.07, 6.45) is 9.31. The smallest absolute Gasteiger partial charge is 0.146 e. The number of hydrogen-bond donors (Lipinski definition) is 2. The van der Waals surface area contributed by atoms with E-state index in [9.17, 15) is 9.50 Å². The number of allylic oxidation sites excluding steroid dienone is 2. The number of nitrogens with one attached hydrogen (secondary N) is 1. The third kappa shape index (κ3) is 4.55. The Morgan fingerprint density at radius 2 is 2.00 bits per heavy atom. The van der Waals surface area contributed by atoms with Crippen molar-refractivity contribution in [3.8, 4) is 0 Å². The van der Waals surface area contributed by atoms with E-state index < -0.39 is 0 Å². The van der Waals surface area contributed by atoms with Gasteiger partial charge in [0.05, 0.1) is 11.8 Å². The van der Waals surface area contributed by atoms with Gasteiger partial charge in [0, 0.05) is 19.6 Å². The molecule has 1 atom stereocenters. The van der Waals surface area contributed by atoms with Crippen molar-refractivity contribution in [1.82, 2.24) is 5.32 Å². The normalized spacial score (nSPS) is 22.5. The van der Waals surface area contributed by atoms with E-state index in [2.05, 4.69) is 17.5 Å². The van der Waals surface area contributed by atoms with Gasteiger partial charge >= 0.3 is 0 Å². The van der Waals surface area contributed by atoms with Crippen molar-refractivity contribution < 1.29 is 9.50 Å². The Balaban J connectivity index is 1.51. The van der Waals surface area contributed by atoms with Crippen molar-refractivity contribution in [3.63, 3.8) is 0 Å². The van der Waals surface area contributed by atoms with Gasteiger partial charge in [-0.05, 0) is 62.3 Å². The molecule has 2 aliphatic rings. The Bertz CT molecular complexity index is 538. The number of aliphatic hydroxyl groups excluding tert-OH is 1. The summed E-state index contributed by atoms with van der Waals surface area (Å²) < 4.78 is 14.4. The maximum atomic E-state index is 14.4. The molecule has 1 fully saturated rings. The van der Waals surface area contributed by atoms with Crippen LogP contribution in [0.2, 0.25) is 0 Å². The Morgan fingerprint density at radius 1 is 1.17 bits per heavy atom. The van der Waals surface area contributed by atoms with Gasteiger partial charge in [-0.25, -0.2) is 4.39 Å². The first-order valence-corrected chi connectivity index (χ1v) is 8.79. The van der Waals surface area contributed by atoms with Crippen molar-refractivity contribution >= 4 is 5.69 Å². The molecule has 1 aliphatic heterocycles. The highest BCUT2D eigenvalue weighted by Crippen LogP contribution is 2.24. The van der Waals surface area contributed by atoms with Crippen LogP contribution in [-0.4, -0.2) is 30.8 Å². The average molecular weight is 318 g/mol. The van der Waals surface area contributed by atoms with Crippen LogP contribution in [0.25, 0.3) is 0 Å². The number of benzene rings is 1. The minimum atomic E-state index is -0.229. The third-order valence-corrected chi connectivity index (χ3v) is 4.96. The molecule has 3 nitrogen and oxygen atoms in total. The van der Waals surface area contributed by atoms with Crippen LogP contribution >= 0.6 is 0 Å². The molecule has 1 aromatic carbocycles. The summed E-state index contributed by atoms with van der Waals surface area (Å²) in [5.74, 6) is 0.560. The van der Waals surface area contributed by atoms with E-state index in [1.54, 1.807) is 6.07 Å². The maximum Gasteiger partial charge on any atom is 0.146 e. The van der Waals surface area contributed by atoms with Crippen LogP contribution in [0.3, 0.4) is 0 Å². The van der Waals surface area contributed by atoms with E-state index in [0.717, 1.165) is 51.0 Å². The van der Waals surface area contributed by atoms with Gasteiger partial charge in [-0.1, -0.05) is 18.2 Å². The predicted molar refractivity (Wildman–Crippen MR) is 92.0 cm³/mol. The van der Waals surface area contributed by atoms with E-state index in [-0.39, 0.29) is 11.9 Å². The lowest BCUT2D eigenvalue weighted by atomic mass is 9.94. The largest absolute Gasteiger partial charge is 0.393 e. The Hall–Kier alpha value is -1.39. The minimum Gasteiger partial charge on any atom is -0.393 e. The highest BCUT2D eigenvalue weighted by molar-refractivity contribution is 5.49. The zero-order chi connectivity index (χ0) is 16.1. The Labute approximate surface area is 138 Å². The first kappa shape index (κ1) is 16.5. The zero-order valence-electron chi connectivity index (χ0n) is 13.7. The summed E-state index contributed by atoms with van der Waals surface area (Å²) in [5, 5.41) is 13.0. The van der Waals surface area contributed by atoms with Gasteiger partial charge in [0.15, 0.2) is 0 Å². The molecule has 0 radical (unpaired) electrons. The van der Waals surface area contributed by atoms with E-state index in [0.29, 0.717) is 11.6 Å².